The average Bonchev–Trinajstić information content (AvgIpc) is 2.51. The van der Waals surface area contributed by atoms with Gasteiger partial charge in [-0.2, -0.15) is 0 Å². The van der Waals surface area contributed by atoms with E-state index in [0.717, 1.165) is 32.1 Å². The number of anilines is 1. The topological polar surface area (TPSA) is 38.3 Å². The first-order valence-electron chi connectivity index (χ1n) is 7.40. The highest BCUT2D eigenvalue weighted by molar-refractivity contribution is 9.10. The Balaban J connectivity index is 1.74. The van der Waals surface area contributed by atoms with E-state index in [2.05, 4.69) is 21.2 Å². The molecule has 1 N–H and O–H groups in total. The van der Waals surface area contributed by atoms with E-state index in [-0.39, 0.29) is 5.91 Å². The third-order valence-corrected chi connectivity index (χ3v) is 4.48. The monoisotopic (exact) mass is 395 g/mol. The minimum Gasteiger partial charge on any atom is -0.494 e. The van der Waals surface area contributed by atoms with E-state index in [1.165, 1.54) is 0 Å². The van der Waals surface area contributed by atoms with Gasteiger partial charge in [-0.1, -0.05) is 27.5 Å². The lowest BCUT2D eigenvalue weighted by atomic mass is 10.1. The summed E-state index contributed by atoms with van der Waals surface area (Å²) in [5.41, 5.74) is 2.78. The predicted molar refractivity (Wildman–Crippen MR) is 98.4 cm³/mol. The van der Waals surface area contributed by atoms with E-state index in [4.69, 9.17) is 16.3 Å². The van der Waals surface area contributed by atoms with Crippen molar-refractivity contribution in [3.8, 4) is 5.75 Å². The highest BCUT2D eigenvalue weighted by atomic mass is 79.9. The van der Waals surface area contributed by atoms with Crippen molar-refractivity contribution < 1.29 is 9.53 Å². The molecule has 0 saturated carbocycles. The van der Waals surface area contributed by atoms with Crippen molar-refractivity contribution in [2.75, 3.05) is 11.9 Å². The van der Waals surface area contributed by atoms with Gasteiger partial charge >= 0.3 is 0 Å². The standard InChI is InChI=1S/C18H19BrClNO2/c1-12-10-16(11-13(2)18(12)20)23-9-3-4-17(22)21-15-7-5-14(19)6-8-15/h5-8,10-11H,3-4,9H2,1-2H3,(H,21,22). The number of carbonyl (C=O) groups excluding carboxylic acids is 1. The number of halogens is 2. The molecule has 0 radical (unpaired) electrons. The molecule has 0 bridgehead atoms. The van der Waals surface area contributed by atoms with Crippen LogP contribution in [0.1, 0.15) is 24.0 Å². The number of nitrogens with one attached hydrogen (secondary N) is 1. The fourth-order valence-corrected chi connectivity index (χ4v) is 2.54. The van der Waals surface area contributed by atoms with Crippen molar-refractivity contribution in [2.24, 2.45) is 0 Å². The van der Waals surface area contributed by atoms with Crippen LogP contribution in [0.3, 0.4) is 0 Å². The molecule has 5 heteroatoms. The van der Waals surface area contributed by atoms with Crippen molar-refractivity contribution in [3.05, 3.63) is 57.0 Å². The molecule has 0 atom stereocenters. The third-order valence-electron chi connectivity index (χ3n) is 3.35. The first kappa shape index (κ1) is 17.8. The minimum atomic E-state index is -0.0145. The summed E-state index contributed by atoms with van der Waals surface area (Å²) in [6, 6.07) is 11.3. The van der Waals surface area contributed by atoms with Gasteiger partial charge in [0.1, 0.15) is 5.75 Å². The second kappa shape index (κ2) is 8.37. The highest BCUT2D eigenvalue weighted by Gasteiger charge is 2.05. The number of ether oxygens (including phenoxy) is 1. The molecule has 0 fully saturated rings. The Morgan fingerprint density at radius 1 is 1.17 bits per heavy atom. The predicted octanol–water partition coefficient (Wildman–Crippen LogP) is 5.52. The van der Waals surface area contributed by atoms with E-state index in [1.807, 2.05) is 50.2 Å². The summed E-state index contributed by atoms with van der Waals surface area (Å²) >= 11 is 9.49. The summed E-state index contributed by atoms with van der Waals surface area (Å²) in [5, 5.41) is 3.63. The quantitative estimate of drug-likeness (QED) is 0.653. The molecule has 0 heterocycles. The fraction of sp³-hybridized carbons (Fsp3) is 0.278. The summed E-state index contributed by atoms with van der Waals surface area (Å²) in [4.78, 5) is 11.9. The normalized spacial score (nSPS) is 10.4. The maximum absolute atomic E-state index is 11.9. The molecule has 2 aromatic carbocycles. The highest BCUT2D eigenvalue weighted by Crippen LogP contribution is 2.26. The number of carbonyl (C=O) groups is 1. The van der Waals surface area contributed by atoms with Gasteiger partial charge in [-0.3, -0.25) is 4.79 Å². The molecule has 122 valence electrons. The van der Waals surface area contributed by atoms with Crippen LogP contribution >= 0.6 is 27.5 Å². The Morgan fingerprint density at radius 3 is 2.39 bits per heavy atom. The van der Waals surface area contributed by atoms with E-state index in [9.17, 15) is 4.79 Å². The Labute approximate surface area is 150 Å². The number of aryl methyl sites for hydroxylation is 2. The van der Waals surface area contributed by atoms with Gasteiger partial charge < -0.3 is 10.1 Å². The lowest BCUT2D eigenvalue weighted by Gasteiger charge is -2.10. The second-order valence-electron chi connectivity index (χ2n) is 5.38. The number of rotatable bonds is 6. The summed E-state index contributed by atoms with van der Waals surface area (Å²) in [5.74, 6) is 0.775. The fourth-order valence-electron chi connectivity index (χ4n) is 2.17. The van der Waals surface area contributed by atoms with E-state index >= 15 is 0 Å². The molecule has 0 aliphatic rings. The zero-order valence-corrected chi connectivity index (χ0v) is 15.5. The summed E-state index contributed by atoms with van der Waals surface area (Å²) in [6.45, 7) is 4.40. The Morgan fingerprint density at radius 2 is 1.78 bits per heavy atom. The number of benzene rings is 2. The third kappa shape index (κ3) is 5.56. The Kier molecular flexibility index (Phi) is 6.48. The average molecular weight is 397 g/mol. The van der Waals surface area contributed by atoms with Crippen molar-refractivity contribution in [3.63, 3.8) is 0 Å². The SMILES string of the molecule is Cc1cc(OCCCC(=O)Nc2ccc(Br)cc2)cc(C)c1Cl. The second-order valence-corrected chi connectivity index (χ2v) is 6.67. The van der Waals surface area contributed by atoms with Crippen LogP contribution in [-0.4, -0.2) is 12.5 Å². The van der Waals surface area contributed by atoms with Crippen LogP contribution in [0, 0.1) is 13.8 Å². The molecule has 0 unspecified atom stereocenters. The minimum absolute atomic E-state index is 0.0145. The van der Waals surface area contributed by atoms with Gasteiger partial charge in [0.05, 0.1) is 6.61 Å². The molecule has 0 aliphatic carbocycles. The lowest BCUT2D eigenvalue weighted by molar-refractivity contribution is -0.116. The van der Waals surface area contributed by atoms with Crippen LogP contribution < -0.4 is 10.1 Å². The van der Waals surface area contributed by atoms with Gasteiger partial charge in [-0.15, -0.1) is 0 Å². The molecular weight excluding hydrogens is 378 g/mol. The smallest absolute Gasteiger partial charge is 0.224 e. The van der Waals surface area contributed by atoms with Gasteiger partial charge in [0.2, 0.25) is 5.91 Å². The molecule has 3 nitrogen and oxygen atoms in total. The zero-order chi connectivity index (χ0) is 16.8. The van der Waals surface area contributed by atoms with Crippen LogP contribution in [0.15, 0.2) is 40.9 Å². The van der Waals surface area contributed by atoms with Crippen molar-refractivity contribution >= 4 is 39.1 Å². The van der Waals surface area contributed by atoms with Gasteiger partial charge in [-0.25, -0.2) is 0 Å². The summed E-state index contributed by atoms with van der Waals surface area (Å²) in [7, 11) is 0. The molecule has 0 spiro atoms. The summed E-state index contributed by atoms with van der Waals surface area (Å²) < 4.78 is 6.68. The number of amides is 1. The van der Waals surface area contributed by atoms with Crippen LogP contribution in [0.25, 0.3) is 0 Å². The lowest BCUT2D eigenvalue weighted by Crippen LogP contribution is -2.12. The first-order valence-corrected chi connectivity index (χ1v) is 8.58. The van der Waals surface area contributed by atoms with Crippen molar-refractivity contribution in [1.29, 1.82) is 0 Å². The molecule has 2 aromatic rings. The van der Waals surface area contributed by atoms with Crippen LogP contribution in [-0.2, 0) is 4.79 Å². The molecular formula is C18H19BrClNO2. The van der Waals surface area contributed by atoms with Crippen LogP contribution in [0.2, 0.25) is 5.02 Å². The molecule has 0 aromatic heterocycles. The number of hydrogen-bond donors (Lipinski definition) is 1. The zero-order valence-electron chi connectivity index (χ0n) is 13.2. The van der Waals surface area contributed by atoms with Gasteiger partial charge in [-0.05, 0) is 67.8 Å². The van der Waals surface area contributed by atoms with Gasteiger partial charge in [0, 0.05) is 21.6 Å². The molecule has 0 saturated heterocycles. The molecule has 0 aliphatic heterocycles. The Bertz CT molecular complexity index is 663. The Hall–Kier alpha value is -1.52. The van der Waals surface area contributed by atoms with Gasteiger partial charge in [0.15, 0.2) is 0 Å². The molecule has 1 amide bonds. The van der Waals surface area contributed by atoms with E-state index < -0.39 is 0 Å². The summed E-state index contributed by atoms with van der Waals surface area (Å²) in [6.07, 6.45) is 1.07. The van der Waals surface area contributed by atoms with Gasteiger partial charge in [0.25, 0.3) is 0 Å². The van der Waals surface area contributed by atoms with E-state index in [1.54, 1.807) is 0 Å². The molecule has 23 heavy (non-hydrogen) atoms. The van der Waals surface area contributed by atoms with Crippen molar-refractivity contribution in [1.82, 2.24) is 0 Å². The van der Waals surface area contributed by atoms with Crippen molar-refractivity contribution in [2.45, 2.75) is 26.7 Å². The maximum atomic E-state index is 11.9. The van der Waals surface area contributed by atoms with E-state index in [0.29, 0.717) is 19.4 Å². The largest absolute Gasteiger partial charge is 0.494 e. The number of hydrogen-bond acceptors (Lipinski definition) is 2. The molecule has 2 rings (SSSR count). The first-order chi connectivity index (χ1) is 11.0. The van der Waals surface area contributed by atoms with Crippen LogP contribution in [0.4, 0.5) is 5.69 Å². The van der Waals surface area contributed by atoms with Crippen LogP contribution in [0.5, 0.6) is 5.75 Å². The maximum Gasteiger partial charge on any atom is 0.224 e.